The number of carboxylic acids is 1. The van der Waals surface area contributed by atoms with Gasteiger partial charge in [-0.15, -0.1) is 11.8 Å². The molecule has 0 unspecified atom stereocenters. The fraction of sp³-hybridized carbons (Fsp3) is 0.333. The zero-order chi connectivity index (χ0) is 8.43. The van der Waals surface area contributed by atoms with E-state index in [0.717, 1.165) is 0 Å². The van der Waals surface area contributed by atoms with Gasteiger partial charge in [-0.25, -0.2) is 4.79 Å². The minimum absolute atomic E-state index is 0.00579. The van der Waals surface area contributed by atoms with E-state index in [1.807, 2.05) is 0 Å². The highest BCUT2D eigenvalue weighted by atomic mass is 32.2. The van der Waals surface area contributed by atoms with Crippen LogP contribution in [-0.2, 0) is 9.59 Å². The van der Waals surface area contributed by atoms with Crippen LogP contribution in [0.1, 0.15) is 6.92 Å². The molecule has 1 aliphatic rings. The molecule has 5 heteroatoms. The average molecular weight is 173 g/mol. The maximum Gasteiger partial charge on any atom is 0.353 e. The molecule has 0 bridgehead atoms. The van der Waals surface area contributed by atoms with Crippen LogP contribution in [0, 0.1) is 0 Å². The second-order valence-electron chi connectivity index (χ2n) is 2.07. The first-order valence-corrected chi connectivity index (χ1v) is 3.96. The van der Waals surface area contributed by atoms with E-state index in [2.05, 4.69) is 5.32 Å². The molecule has 0 saturated carbocycles. The quantitative estimate of drug-likeness (QED) is 0.593. The molecule has 0 aromatic carbocycles. The molecular formula is C6H7NO3S. The normalized spacial score (nSPS) is 18.1. The Bertz CT molecular complexity index is 246. The molecule has 0 radical (unpaired) electrons. The van der Waals surface area contributed by atoms with Gasteiger partial charge in [-0.1, -0.05) is 0 Å². The number of thioether (sulfide) groups is 1. The van der Waals surface area contributed by atoms with Crippen LogP contribution in [0.2, 0.25) is 0 Å². The Hall–Kier alpha value is -0.970. The molecule has 1 amide bonds. The van der Waals surface area contributed by atoms with Crippen molar-refractivity contribution in [3.05, 3.63) is 10.6 Å². The van der Waals surface area contributed by atoms with Crippen molar-refractivity contribution in [3.8, 4) is 0 Å². The highest BCUT2D eigenvalue weighted by molar-refractivity contribution is 8.03. The monoisotopic (exact) mass is 173 g/mol. The van der Waals surface area contributed by atoms with Gasteiger partial charge in [-0.05, 0) is 6.92 Å². The van der Waals surface area contributed by atoms with Crippen LogP contribution in [0.4, 0.5) is 0 Å². The summed E-state index contributed by atoms with van der Waals surface area (Å²) in [5.41, 5.74) is 0.00579. The molecule has 0 spiro atoms. The van der Waals surface area contributed by atoms with E-state index in [1.54, 1.807) is 6.92 Å². The lowest BCUT2D eigenvalue weighted by Gasteiger charge is -2.14. The summed E-state index contributed by atoms with van der Waals surface area (Å²) in [6, 6.07) is 0. The smallest absolute Gasteiger partial charge is 0.353 e. The van der Waals surface area contributed by atoms with Crippen molar-refractivity contribution in [2.45, 2.75) is 6.92 Å². The van der Waals surface area contributed by atoms with Crippen LogP contribution in [0.3, 0.4) is 0 Å². The molecule has 0 aromatic rings. The summed E-state index contributed by atoms with van der Waals surface area (Å²) >= 11 is 1.25. The Morgan fingerprint density at radius 2 is 2.36 bits per heavy atom. The van der Waals surface area contributed by atoms with Crippen molar-refractivity contribution in [2.24, 2.45) is 0 Å². The molecule has 0 aliphatic carbocycles. The highest BCUT2D eigenvalue weighted by Crippen LogP contribution is 2.21. The number of carbonyl (C=O) groups excluding carboxylic acids is 1. The number of hydrogen-bond donors (Lipinski definition) is 2. The molecule has 0 saturated heterocycles. The van der Waals surface area contributed by atoms with E-state index in [1.165, 1.54) is 11.8 Å². The van der Waals surface area contributed by atoms with E-state index in [-0.39, 0.29) is 11.6 Å². The SMILES string of the molecule is CC1=C(C(=O)O)NC(=O)CS1. The lowest BCUT2D eigenvalue weighted by Crippen LogP contribution is -2.32. The number of aliphatic carboxylic acids is 1. The van der Waals surface area contributed by atoms with Gasteiger partial charge >= 0.3 is 5.97 Å². The van der Waals surface area contributed by atoms with Crippen LogP contribution in [0.15, 0.2) is 10.6 Å². The summed E-state index contributed by atoms with van der Waals surface area (Å²) in [6.45, 7) is 1.67. The molecule has 0 aromatic heterocycles. The fourth-order valence-corrected chi connectivity index (χ4v) is 1.42. The zero-order valence-electron chi connectivity index (χ0n) is 5.88. The van der Waals surface area contributed by atoms with E-state index in [0.29, 0.717) is 10.7 Å². The van der Waals surface area contributed by atoms with Crippen LogP contribution >= 0.6 is 11.8 Å². The first-order chi connectivity index (χ1) is 5.11. The van der Waals surface area contributed by atoms with Gasteiger partial charge in [0.25, 0.3) is 0 Å². The van der Waals surface area contributed by atoms with Gasteiger partial charge in [0.1, 0.15) is 5.70 Å². The summed E-state index contributed by atoms with van der Waals surface area (Å²) in [7, 11) is 0. The summed E-state index contributed by atoms with van der Waals surface area (Å²) in [5, 5.41) is 10.8. The Kier molecular flexibility index (Phi) is 2.19. The van der Waals surface area contributed by atoms with Crippen molar-refractivity contribution in [1.82, 2.24) is 5.32 Å². The Balaban J connectivity index is 2.88. The van der Waals surface area contributed by atoms with Gasteiger partial charge in [0.2, 0.25) is 5.91 Å². The van der Waals surface area contributed by atoms with E-state index in [4.69, 9.17) is 5.11 Å². The molecule has 0 fully saturated rings. The minimum Gasteiger partial charge on any atom is -0.477 e. The second kappa shape index (κ2) is 2.96. The number of carbonyl (C=O) groups is 2. The van der Waals surface area contributed by atoms with Crippen molar-refractivity contribution in [2.75, 3.05) is 5.75 Å². The lowest BCUT2D eigenvalue weighted by molar-refractivity contribution is -0.134. The van der Waals surface area contributed by atoms with Crippen molar-refractivity contribution in [3.63, 3.8) is 0 Å². The van der Waals surface area contributed by atoms with Gasteiger partial charge in [0.05, 0.1) is 5.75 Å². The molecule has 1 rings (SSSR count). The minimum atomic E-state index is -1.08. The fourth-order valence-electron chi connectivity index (χ4n) is 0.714. The topological polar surface area (TPSA) is 66.4 Å². The van der Waals surface area contributed by atoms with Gasteiger partial charge in [0, 0.05) is 4.91 Å². The van der Waals surface area contributed by atoms with Crippen molar-refractivity contribution in [1.29, 1.82) is 0 Å². The predicted molar refractivity (Wildman–Crippen MR) is 40.9 cm³/mol. The van der Waals surface area contributed by atoms with Crippen LogP contribution in [0.5, 0.6) is 0 Å². The van der Waals surface area contributed by atoms with Gasteiger partial charge in [0.15, 0.2) is 0 Å². The summed E-state index contributed by atoms with van der Waals surface area (Å²) in [6.07, 6.45) is 0. The third kappa shape index (κ3) is 1.74. The van der Waals surface area contributed by atoms with Gasteiger partial charge in [-0.2, -0.15) is 0 Å². The van der Waals surface area contributed by atoms with Crippen LogP contribution in [-0.4, -0.2) is 22.7 Å². The largest absolute Gasteiger partial charge is 0.477 e. The van der Waals surface area contributed by atoms with Gasteiger partial charge < -0.3 is 10.4 Å². The van der Waals surface area contributed by atoms with E-state index >= 15 is 0 Å². The summed E-state index contributed by atoms with van der Waals surface area (Å²) < 4.78 is 0. The highest BCUT2D eigenvalue weighted by Gasteiger charge is 2.20. The molecule has 0 atom stereocenters. The number of rotatable bonds is 1. The van der Waals surface area contributed by atoms with Gasteiger partial charge in [-0.3, -0.25) is 4.79 Å². The molecule has 11 heavy (non-hydrogen) atoms. The molecule has 4 nitrogen and oxygen atoms in total. The number of allylic oxidation sites excluding steroid dienone is 1. The van der Waals surface area contributed by atoms with Crippen LogP contribution in [0.25, 0.3) is 0 Å². The molecular weight excluding hydrogens is 166 g/mol. The Labute approximate surface area is 67.7 Å². The number of nitrogens with one attached hydrogen (secondary N) is 1. The molecule has 60 valence electrons. The van der Waals surface area contributed by atoms with E-state index < -0.39 is 5.97 Å². The van der Waals surface area contributed by atoms with Crippen LogP contribution < -0.4 is 5.32 Å². The Morgan fingerprint density at radius 3 is 2.82 bits per heavy atom. The van der Waals surface area contributed by atoms with Crippen molar-refractivity contribution < 1.29 is 14.7 Å². The van der Waals surface area contributed by atoms with Crippen molar-refractivity contribution >= 4 is 23.6 Å². The summed E-state index contributed by atoms with van der Waals surface area (Å²) in [4.78, 5) is 21.8. The molecule has 1 heterocycles. The molecule has 2 N–H and O–H groups in total. The number of amides is 1. The zero-order valence-corrected chi connectivity index (χ0v) is 6.70. The third-order valence-corrected chi connectivity index (χ3v) is 2.29. The lowest BCUT2D eigenvalue weighted by atomic mass is 10.4. The number of hydrogen-bond acceptors (Lipinski definition) is 3. The standard InChI is InChI=1S/C6H7NO3S/c1-3-5(6(9)10)7-4(8)2-11-3/h2H2,1H3,(H,7,8)(H,9,10). The number of carboxylic acid groups (broad SMARTS) is 1. The maximum absolute atomic E-state index is 10.7. The molecule has 1 aliphatic heterocycles. The van der Waals surface area contributed by atoms with E-state index in [9.17, 15) is 9.59 Å². The first kappa shape index (κ1) is 8.13. The first-order valence-electron chi connectivity index (χ1n) is 2.98. The third-order valence-electron chi connectivity index (χ3n) is 1.25. The predicted octanol–water partition coefficient (Wildman–Crippen LogP) is 0.165. The Morgan fingerprint density at radius 1 is 1.73 bits per heavy atom. The maximum atomic E-state index is 10.7. The average Bonchev–Trinajstić information content (AvgIpc) is 1.94. The second-order valence-corrected chi connectivity index (χ2v) is 3.26. The summed E-state index contributed by atoms with van der Waals surface area (Å²) in [5.74, 6) is -1.02.